The maximum atomic E-state index is 12.5. The van der Waals surface area contributed by atoms with Crippen molar-refractivity contribution in [3.05, 3.63) is 69.9 Å². The summed E-state index contributed by atoms with van der Waals surface area (Å²) >= 11 is 5.99. The lowest BCUT2D eigenvalue weighted by Crippen LogP contribution is -2.13. The molecule has 0 bridgehead atoms. The second kappa shape index (κ2) is 6.18. The molecule has 1 aromatic heterocycles. The van der Waals surface area contributed by atoms with E-state index >= 15 is 0 Å². The molecule has 0 radical (unpaired) electrons. The number of fused-ring (bicyclic) bond motifs is 1. The molecule has 4 rings (SSSR count). The Morgan fingerprint density at radius 3 is 3.00 bits per heavy atom. The number of anilines is 1. The van der Waals surface area contributed by atoms with Gasteiger partial charge in [0.2, 0.25) is 0 Å². The molecule has 0 saturated carbocycles. The van der Waals surface area contributed by atoms with Crippen molar-refractivity contribution >= 4 is 29.4 Å². The van der Waals surface area contributed by atoms with E-state index in [-0.39, 0.29) is 11.6 Å². The van der Waals surface area contributed by atoms with Gasteiger partial charge in [0.1, 0.15) is 0 Å². The molecular formula is C19H14ClN3O2. The van der Waals surface area contributed by atoms with Gasteiger partial charge < -0.3 is 9.84 Å². The van der Waals surface area contributed by atoms with Crippen LogP contribution in [0.2, 0.25) is 5.02 Å². The summed E-state index contributed by atoms with van der Waals surface area (Å²) in [5, 5.41) is 7.27. The van der Waals surface area contributed by atoms with Crippen LogP contribution >= 0.6 is 11.6 Å². The maximum Gasteiger partial charge on any atom is 0.277 e. The number of halogens is 1. The van der Waals surface area contributed by atoms with Crippen molar-refractivity contribution in [2.24, 2.45) is 4.99 Å². The number of carbonyl (C=O) groups excluding carboxylic acids is 1. The zero-order chi connectivity index (χ0) is 17.4. The lowest BCUT2D eigenvalue weighted by atomic mass is 10.0. The molecule has 0 saturated heterocycles. The molecule has 2 aromatic carbocycles. The predicted molar refractivity (Wildman–Crippen MR) is 97.4 cm³/mol. The fraction of sp³-hybridized carbons (Fsp3) is 0.105. The van der Waals surface area contributed by atoms with Gasteiger partial charge in [-0.05, 0) is 30.2 Å². The first kappa shape index (κ1) is 15.6. The zero-order valence-electron chi connectivity index (χ0n) is 13.4. The minimum absolute atomic E-state index is 0.210. The Hall–Kier alpha value is -2.92. The fourth-order valence-corrected chi connectivity index (χ4v) is 2.95. The summed E-state index contributed by atoms with van der Waals surface area (Å²) in [6, 6.07) is 12.9. The van der Waals surface area contributed by atoms with Crippen LogP contribution in [0.4, 0.5) is 5.69 Å². The van der Waals surface area contributed by atoms with Crippen LogP contribution in [0.15, 0.2) is 52.0 Å². The van der Waals surface area contributed by atoms with Crippen LogP contribution in [0.25, 0.3) is 11.3 Å². The summed E-state index contributed by atoms with van der Waals surface area (Å²) in [5.41, 5.74) is 4.80. The summed E-state index contributed by atoms with van der Waals surface area (Å²) in [4.78, 5) is 16.7. The minimum atomic E-state index is -0.346. The molecule has 0 unspecified atom stereocenters. The van der Waals surface area contributed by atoms with Gasteiger partial charge in [-0.15, -0.1) is 0 Å². The molecular weight excluding hydrogens is 338 g/mol. The SMILES string of the molecule is Cc1ccc(Cl)cc1NC(=O)c1cc(-c2cccc3c2C=NC3)on1. The minimum Gasteiger partial charge on any atom is -0.355 e. The Bertz CT molecular complexity index is 1010. The Morgan fingerprint density at radius 2 is 2.12 bits per heavy atom. The number of benzene rings is 2. The monoisotopic (exact) mass is 351 g/mol. The molecule has 0 atom stereocenters. The Kier molecular flexibility index (Phi) is 3.86. The molecule has 1 amide bonds. The Labute approximate surface area is 149 Å². The van der Waals surface area contributed by atoms with Crippen molar-refractivity contribution in [1.29, 1.82) is 0 Å². The molecule has 0 fully saturated rings. The molecule has 1 N–H and O–H groups in total. The van der Waals surface area contributed by atoms with Crippen LogP contribution in [0.3, 0.4) is 0 Å². The van der Waals surface area contributed by atoms with Crippen molar-refractivity contribution in [2.75, 3.05) is 5.32 Å². The number of hydrogen-bond acceptors (Lipinski definition) is 4. The van der Waals surface area contributed by atoms with E-state index in [1.807, 2.05) is 37.4 Å². The average molecular weight is 352 g/mol. The number of aromatic nitrogens is 1. The first-order valence-electron chi connectivity index (χ1n) is 7.78. The van der Waals surface area contributed by atoms with Gasteiger partial charge >= 0.3 is 0 Å². The summed E-state index contributed by atoms with van der Waals surface area (Å²) in [6.45, 7) is 2.56. The predicted octanol–water partition coefficient (Wildman–Crippen LogP) is 4.49. The molecule has 1 aliphatic rings. The van der Waals surface area contributed by atoms with Gasteiger partial charge in [0.25, 0.3) is 5.91 Å². The summed E-state index contributed by atoms with van der Waals surface area (Å²) < 4.78 is 5.39. The highest BCUT2D eigenvalue weighted by atomic mass is 35.5. The van der Waals surface area contributed by atoms with Gasteiger partial charge in [-0.1, -0.05) is 41.0 Å². The van der Waals surface area contributed by atoms with E-state index in [1.165, 1.54) is 0 Å². The van der Waals surface area contributed by atoms with Crippen molar-refractivity contribution in [2.45, 2.75) is 13.5 Å². The molecule has 25 heavy (non-hydrogen) atoms. The van der Waals surface area contributed by atoms with Crippen LogP contribution in [-0.4, -0.2) is 17.3 Å². The lowest BCUT2D eigenvalue weighted by Gasteiger charge is -2.06. The second-order valence-electron chi connectivity index (χ2n) is 5.84. The zero-order valence-corrected chi connectivity index (χ0v) is 14.2. The van der Waals surface area contributed by atoms with Crippen LogP contribution in [0.1, 0.15) is 27.2 Å². The Balaban J connectivity index is 1.61. The van der Waals surface area contributed by atoms with Gasteiger partial charge in [0, 0.05) is 34.1 Å². The van der Waals surface area contributed by atoms with Gasteiger partial charge in [0.15, 0.2) is 11.5 Å². The van der Waals surface area contributed by atoms with Gasteiger partial charge in [-0.2, -0.15) is 0 Å². The summed E-state index contributed by atoms with van der Waals surface area (Å²) in [7, 11) is 0. The van der Waals surface area contributed by atoms with Crippen molar-refractivity contribution in [3.8, 4) is 11.3 Å². The van der Waals surface area contributed by atoms with Crippen molar-refractivity contribution in [3.63, 3.8) is 0 Å². The molecule has 6 heteroatoms. The topological polar surface area (TPSA) is 67.5 Å². The van der Waals surface area contributed by atoms with E-state index in [2.05, 4.69) is 15.5 Å². The van der Waals surface area contributed by atoms with Crippen molar-refractivity contribution < 1.29 is 9.32 Å². The lowest BCUT2D eigenvalue weighted by molar-refractivity contribution is 0.101. The van der Waals surface area contributed by atoms with Crippen LogP contribution in [0, 0.1) is 6.92 Å². The molecule has 2 heterocycles. The van der Waals surface area contributed by atoms with E-state index in [0.717, 1.165) is 22.3 Å². The van der Waals surface area contributed by atoms with Gasteiger partial charge in [0.05, 0.1) is 6.54 Å². The number of hydrogen-bond donors (Lipinski definition) is 1. The van der Waals surface area contributed by atoms with Gasteiger partial charge in [-0.25, -0.2) is 0 Å². The second-order valence-corrected chi connectivity index (χ2v) is 6.27. The number of aliphatic imine (C=N–C) groups is 1. The first-order valence-corrected chi connectivity index (χ1v) is 8.16. The summed E-state index contributed by atoms with van der Waals surface area (Å²) in [5.74, 6) is 0.194. The third-order valence-corrected chi connectivity index (χ3v) is 4.37. The number of rotatable bonds is 3. The third-order valence-electron chi connectivity index (χ3n) is 4.13. The van der Waals surface area contributed by atoms with E-state index in [4.69, 9.17) is 16.1 Å². The fourth-order valence-electron chi connectivity index (χ4n) is 2.78. The highest BCUT2D eigenvalue weighted by Gasteiger charge is 2.18. The third kappa shape index (κ3) is 2.94. The maximum absolute atomic E-state index is 12.5. The highest BCUT2D eigenvalue weighted by Crippen LogP contribution is 2.29. The van der Waals surface area contributed by atoms with E-state index in [1.54, 1.807) is 18.2 Å². The number of amides is 1. The smallest absolute Gasteiger partial charge is 0.277 e. The number of carbonyl (C=O) groups is 1. The largest absolute Gasteiger partial charge is 0.355 e. The van der Waals surface area contributed by atoms with E-state index < -0.39 is 0 Å². The standard InChI is InChI=1S/C19H14ClN3O2/c1-11-5-6-13(20)7-16(11)22-19(24)17-8-18(25-23-17)14-4-2-3-12-9-21-10-15(12)14/h2-8,10H,9H2,1H3,(H,22,24). The van der Waals surface area contributed by atoms with Crippen LogP contribution < -0.4 is 5.32 Å². The van der Waals surface area contributed by atoms with E-state index in [0.29, 0.717) is 23.0 Å². The quantitative estimate of drug-likeness (QED) is 0.756. The molecule has 124 valence electrons. The molecule has 3 aromatic rings. The number of aryl methyl sites for hydroxylation is 1. The molecule has 5 nitrogen and oxygen atoms in total. The highest BCUT2D eigenvalue weighted by molar-refractivity contribution is 6.31. The molecule has 0 aliphatic carbocycles. The van der Waals surface area contributed by atoms with Crippen LogP contribution in [0.5, 0.6) is 0 Å². The van der Waals surface area contributed by atoms with E-state index in [9.17, 15) is 4.79 Å². The number of nitrogens with zero attached hydrogens (tertiary/aromatic N) is 2. The van der Waals surface area contributed by atoms with Crippen molar-refractivity contribution in [1.82, 2.24) is 5.16 Å². The van der Waals surface area contributed by atoms with Crippen LogP contribution in [-0.2, 0) is 6.54 Å². The normalized spacial score (nSPS) is 12.2. The van der Waals surface area contributed by atoms with Gasteiger partial charge in [-0.3, -0.25) is 9.79 Å². The Morgan fingerprint density at radius 1 is 1.24 bits per heavy atom. The first-order chi connectivity index (χ1) is 12.1. The molecule has 1 aliphatic heterocycles. The summed E-state index contributed by atoms with van der Waals surface area (Å²) in [6.07, 6.45) is 1.82. The molecule has 0 spiro atoms. The average Bonchev–Trinajstić information content (AvgIpc) is 3.26. The number of nitrogens with one attached hydrogen (secondary N) is 1.